The van der Waals surface area contributed by atoms with Crippen molar-refractivity contribution >= 4 is 90.3 Å². The van der Waals surface area contributed by atoms with Gasteiger partial charge >= 0.3 is 0 Å². The molecule has 2 aromatic rings. The summed E-state index contributed by atoms with van der Waals surface area (Å²) in [4.78, 5) is 138. The summed E-state index contributed by atoms with van der Waals surface area (Å²) in [5.74, 6) is -8.84. The fraction of sp³-hybridized carbons (Fsp3) is 0.500. The number of likely N-dealkylation sites (tertiary alicyclic amines) is 1. The number of benzene rings is 2. The lowest BCUT2D eigenvalue weighted by Gasteiger charge is -2.31. The van der Waals surface area contributed by atoms with Gasteiger partial charge in [-0.25, -0.2) is 0 Å². The highest BCUT2D eigenvalue weighted by Crippen LogP contribution is 2.20. The molecule has 1 aliphatic rings. The zero-order chi connectivity index (χ0) is 53.5. The van der Waals surface area contributed by atoms with Gasteiger partial charge < -0.3 is 70.2 Å². The van der Waals surface area contributed by atoms with Gasteiger partial charge in [0.15, 0.2) is 5.96 Å². The molecule has 2 aromatic carbocycles. The molecule has 0 radical (unpaired) electrons. The topological polar surface area (TPSA) is 395 Å². The molecule has 16 N–H and O–H groups in total. The number of amides is 10. The summed E-state index contributed by atoms with van der Waals surface area (Å²) in [7, 11) is 0. The summed E-state index contributed by atoms with van der Waals surface area (Å²) < 4.78 is 0. The number of phenols is 1. The molecule has 0 spiro atoms. The van der Waals surface area contributed by atoms with Gasteiger partial charge in [0.05, 0.1) is 13.0 Å². The number of nitrogens with zero attached hydrogens (tertiary/aromatic N) is 2. The number of aliphatic imine (C=N–C) groups is 1. The number of aromatic hydroxyl groups is 1. The second-order valence-corrected chi connectivity index (χ2v) is 18.1. The van der Waals surface area contributed by atoms with E-state index in [4.69, 9.17) is 22.9 Å². The first-order valence-electron chi connectivity index (χ1n) is 23.2. The Kier molecular flexibility index (Phi) is 24.6. The maximum atomic E-state index is 14.2. The number of nitrogens with two attached hydrogens (primary N) is 4. The van der Waals surface area contributed by atoms with Crippen molar-refractivity contribution in [3.05, 3.63) is 65.7 Å². The summed E-state index contributed by atoms with van der Waals surface area (Å²) in [6, 6.07) is 5.29. The van der Waals surface area contributed by atoms with E-state index in [1.165, 1.54) is 17.0 Å². The average Bonchev–Trinajstić information content (AvgIpc) is 3.83. The van der Waals surface area contributed by atoms with Crippen LogP contribution < -0.4 is 60.2 Å². The minimum absolute atomic E-state index is 0.0183. The van der Waals surface area contributed by atoms with Crippen LogP contribution in [0.25, 0.3) is 0 Å². The molecule has 394 valence electrons. The maximum Gasteiger partial charge on any atom is 0.246 e. The van der Waals surface area contributed by atoms with Gasteiger partial charge in [-0.1, -0.05) is 56.3 Å². The molecule has 0 bridgehead atoms. The van der Waals surface area contributed by atoms with E-state index in [0.29, 0.717) is 17.5 Å². The summed E-state index contributed by atoms with van der Waals surface area (Å²) in [5, 5.41) is 27.7. The highest BCUT2D eigenvalue weighted by Gasteiger charge is 2.40. The van der Waals surface area contributed by atoms with E-state index >= 15 is 0 Å². The number of nitrogens with one attached hydrogen (secondary N) is 7. The van der Waals surface area contributed by atoms with Crippen LogP contribution >= 0.6 is 25.3 Å². The normalized spacial score (nSPS) is 15.5. The molecule has 7 atom stereocenters. The van der Waals surface area contributed by atoms with E-state index in [-0.39, 0.29) is 74.8 Å². The Hall–Kier alpha value is -7.09. The van der Waals surface area contributed by atoms with Gasteiger partial charge in [-0.3, -0.25) is 52.9 Å². The number of carbonyl (C=O) groups is 10. The first kappa shape index (κ1) is 59.2. The van der Waals surface area contributed by atoms with E-state index < -0.39 is 120 Å². The Morgan fingerprint density at radius 1 is 0.694 bits per heavy atom. The number of rotatable bonds is 29. The smallest absolute Gasteiger partial charge is 0.246 e. The second-order valence-electron chi connectivity index (χ2n) is 17.3. The van der Waals surface area contributed by atoms with Gasteiger partial charge in [0, 0.05) is 38.1 Å². The van der Waals surface area contributed by atoms with Crippen LogP contribution in [0, 0.1) is 5.92 Å². The van der Waals surface area contributed by atoms with Crippen LogP contribution in [-0.4, -0.2) is 148 Å². The predicted octanol–water partition coefficient (Wildman–Crippen LogP) is -3.49. The molecule has 1 aliphatic heterocycles. The van der Waals surface area contributed by atoms with Crippen molar-refractivity contribution < 1.29 is 53.1 Å². The van der Waals surface area contributed by atoms with Gasteiger partial charge in [-0.2, -0.15) is 25.3 Å². The van der Waals surface area contributed by atoms with Crippen LogP contribution in [0.1, 0.15) is 63.5 Å². The van der Waals surface area contributed by atoms with E-state index in [0.717, 1.165) is 0 Å². The van der Waals surface area contributed by atoms with Crippen molar-refractivity contribution in [2.45, 2.75) is 108 Å². The van der Waals surface area contributed by atoms with Gasteiger partial charge in [-0.05, 0) is 60.6 Å². The van der Waals surface area contributed by atoms with Crippen molar-refractivity contribution in [1.29, 1.82) is 0 Å². The lowest BCUT2D eigenvalue weighted by atomic mass is 10.0. The summed E-state index contributed by atoms with van der Waals surface area (Å²) in [5.41, 5.74) is 22.6. The van der Waals surface area contributed by atoms with Crippen LogP contribution in [0.15, 0.2) is 59.6 Å². The van der Waals surface area contributed by atoms with E-state index in [1.54, 1.807) is 56.3 Å². The third kappa shape index (κ3) is 20.0. The quantitative estimate of drug-likeness (QED) is 0.0163. The standard InChI is InChI=1S/C46H67N13O11S2/c1-25(2)38(44(69)57-33(24-72)45(70)59-18-7-11-34(59)43(68)54-29(10-6-17-51-46(49)50)39(64)52-23-36(48)62)58-42(67)32(22-35(47)61)56-41(66)31(20-26-8-4-3-5-9-26)55-40(65)30(53-37(63)16-19-71)21-27-12-14-28(60)15-13-27/h3-5,8-9,12-15,25,29-34,38,60,71-72H,6-7,10-11,16-24H2,1-2H3,(H2,47,61)(H2,48,62)(H,52,64)(H,53,63)(H,54,68)(H,55,65)(H,56,66)(H,57,69)(H,58,67)(H4,49,50,51)/t29-,30+,31+,32+,33+,34+,38+/m1/s1. The van der Waals surface area contributed by atoms with Crippen LogP contribution in [0.4, 0.5) is 0 Å². The number of guanidine groups is 1. The molecule has 0 saturated carbocycles. The minimum atomic E-state index is -1.68. The van der Waals surface area contributed by atoms with Crippen LogP contribution in [0.2, 0.25) is 0 Å². The van der Waals surface area contributed by atoms with Crippen molar-refractivity contribution in [3.63, 3.8) is 0 Å². The van der Waals surface area contributed by atoms with Gasteiger partial charge in [0.1, 0.15) is 48.0 Å². The lowest BCUT2D eigenvalue weighted by Crippen LogP contribution is -2.61. The molecule has 26 heteroatoms. The molecular formula is C46H67N13O11S2. The number of thiol groups is 2. The summed E-state index contributed by atoms with van der Waals surface area (Å²) in [6.45, 7) is 2.93. The molecule has 1 saturated heterocycles. The van der Waals surface area contributed by atoms with E-state index in [2.05, 4.69) is 67.5 Å². The van der Waals surface area contributed by atoms with Gasteiger partial charge in [0.25, 0.3) is 0 Å². The Balaban J connectivity index is 1.81. The largest absolute Gasteiger partial charge is 0.508 e. The van der Waals surface area contributed by atoms with E-state index in [1.807, 2.05) is 0 Å². The molecule has 24 nitrogen and oxygen atoms in total. The number of primary amides is 2. The van der Waals surface area contributed by atoms with Gasteiger partial charge in [-0.15, -0.1) is 0 Å². The molecular weight excluding hydrogens is 975 g/mol. The Bertz CT molecular complexity index is 2250. The average molecular weight is 1040 g/mol. The highest BCUT2D eigenvalue weighted by molar-refractivity contribution is 7.80. The van der Waals surface area contributed by atoms with Crippen molar-refractivity contribution in [3.8, 4) is 5.75 Å². The van der Waals surface area contributed by atoms with Crippen LogP contribution in [0.3, 0.4) is 0 Å². The Labute approximate surface area is 427 Å². The third-order valence-electron chi connectivity index (χ3n) is 11.2. The first-order valence-corrected chi connectivity index (χ1v) is 24.4. The first-order chi connectivity index (χ1) is 34.1. The predicted molar refractivity (Wildman–Crippen MR) is 271 cm³/mol. The summed E-state index contributed by atoms with van der Waals surface area (Å²) >= 11 is 8.40. The van der Waals surface area contributed by atoms with E-state index in [9.17, 15) is 53.1 Å². The molecule has 10 amide bonds. The Morgan fingerprint density at radius 3 is 1.85 bits per heavy atom. The SMILES string of the molecule is CC(C)[C@H](NC(=O)[C@H](CC(N)=O)NC(=O)[C@H](Cc1ccccc1)NC(=O)[C@H](Cc1ccc(O)cc1)NC(=O)CCS)C(=O)N[C@@H](CS)C(=O)N1CCC[C@H]1C(=O)N[C@H](CCCN=C(N)N)C(=O)NCC(N)=O. The van der Waals surface area contributed by atoms with Gasteiger partial charge in [0.2, 0.25) is 59.1 Å². The number of hydrogen-bond donors (Lipinski definition) is 14. The van der Waals surface area contributed by atoms with Crippen molar-refractivity contribution in [2.24, 2.45) is 33.8 Å². The molecule has 0 aliphatic carbocycles. The second kappa shape index (κ2) is 29.9. The number of phenolic OH excluding ortho intramolecular Hbond substituents is 1. The highest BCUT2D eigenvalue weighted by atomic mass is 32.1. The Morgan fingerprint density at radius 2 is 1.28 bits per heavy atom. The monoisotopic (exact) mass is 1040 g/mol. The lowest BCUT2D eigenvalue weighted by molar-refractivity contribution is -0.142. The molecule has 0 aromatic heterocycles. The molecule has 3 rings (SSSR count). The third-order valence-corrected chi connectivity index (χ3v) is 11.8. The fourth-order valence-electron chi connectivity index (χ4n) is 7.54. The maximum absolute atomic E-state index is 14.2. The van der Waals surface area contributed by atoms with Crippen LogP contribution in [0.5, 0.6) is 5.75 Å². The molecule has 72 heavy (non-hydrogen) atoms. The van der Waals surface area contributed by atoms with Crippen LogP contribution in [-0.2, 0) is 60.8 Å². The molecule has 1 fully saturated rings. The zero-order valence-electron chi connectivity index (χ0n) is 40.1. The number of carbonyl (C=O) groups excluding carboxylic acids is 10. The zero-order valence-corrected chi connectivity index (χ0v) is 41.9. The number of hydrogen-bond acceptors (Lipinski definition) is 14. The summed E-state index contributed by atoms with van der Waals surface area (Å²) in [6.07, 6.45) is 0.0117. The molecule has 1 heterocycles. The minimum Gasteiger partial charge on any atom is -0.508 e. The molecule has 0 unspecified atom stereocenters. The van der Waals surface area contributed by atoms with Crippen molar-refractivity contribution in [1.82, 2.24) is 42.1 Å². The van der Waals surface area contributed by atoms with Crippen molar-refractivity contribution in [2.75, 3.05) is 31.1 Å². The fourth-order valence-corrected chi connectivity index (χ4v) is 7.99.